The van der Waals surface area contributed by atoms with Crippen LogP contribution >= 0.6 is 11.6 Å². The summed E-state index contributed by atoms with van der Waals surface area (Å²) >= 11 is 6.21. The van der Waals surface area contributed by atoms with Gasteiger partial charge < -0.3 is 10.6 Å². The van der Waals surface area contributed by atoms with Gasteiger partial charge in [0.1, 0.15) is 0 Å². The van der Waals surface area contributed by atoms with Crippen molar-refractivity contribution in [1.29, 1.82) is 0 Å². The first-order valence-electron chi connectivity index (χ1n) is 5.80. The van der Waals surface area contributed by atoms with Crippen molar-refractivity contribution in [3.63, 3.8) is 0 Å². The standard InChI is InChI=1S/C13H16ClN5/c1-9-8-19(13(15)17-9)16-7-10-4-5-11(18(2)3)6-12(10)14/h4-8H,1-3H3,(H2,15,17). The van der Waals surface area contributed by atoms with Crippen LogP contribution in [0.4, 0.5) is 11.6 Å². The number of nitrogens with zero attached hydrogens (tertiary/aromatic N) is 4. The lowest BCUT2D eigenvalue weighted by atomic mass is 10.2. The highest BCUT2D eigenvalue weighted by atomic mass is 35.5. The van der Waals surface area contributed by atoms with Crippen molar-refractivity contribution in [3.05, 3.63) is 40.7 Å². The second-order valence-corrected chi connectivity index (χ2v) is 4.84. The van der Waals surface area contributed by atoms with E-state index < -0.39 is 0 Å². The zero-order chi connectivity index (χ0) is 14.0. The molecule has 0 spiro atoms. The molecule has 0 saturated heterocycles. The Hall–Kier alpha value is -2.01. The van der Waals surface area contributed by atoms with Crippen molar-refractivity contribution in [2.45, 2.75) is 6.92 Å². The van der Waals surface area contributed by atoms with Crippen LogP contribution in [0.1, 0.15) is 11.3 Å². The molecule has 0 aliphatic carbocycles. The van der Waals surface area contributed by atoms with Crippen LogP contribution in [-0.2, 0) is 0 Å². The van der Waals surface area contributed by atoms with Crippen molar-refractivity contribution in [1.82, 2.24) is 9.66 Å². The fourth-order valence-corrected chi connectivity index (χ4v) is 1.84. The lowest BCUT2D eigenvalue weighted by Gasteiger charge is -2.13. The van der Waals surface area contributed by atoms with E-state index in [4.69, 9.17) is 17.3 Å². The fraction of sp³-hybridized carbons (Fsp3) is 0.231. The summed E-state index contributed by atoms with van der Waals surface area (Å²) in [5.41, 5.74) is 8.40. The Kier molecular flexibility index (Phi) is 3.76. The van der Waals surface area contributed by atoms with Crippen molar-refractivity contribution < 1.29 is 0 Å². The Morgan fingerprint density at radius 3 is 2.68 bits per heavy atom. The Morgan fingerprint density at radius 2 is 2.16 bits per heavy atom. The Morgan fingerprint density at radius 1 is 1.42 bits per heavy atom. The smallest absolute Gasteiger partial charge is 0.221 e. The molecule has 0 radical (unpaired) electrons. The monoisotopic (exact) mass is 277 g/mol. The first kappa shape index (κ1) is 13.4. The van der Waals surface area contributed by atoms with E-state index >= 15 is 0 Å². The molecule has 0 fully saturated rings. The molecule has 5 nitrogen and oxygen atoms in total. The topological polar surface area (TPSA) is 59.4 Å². The molecule has 0 bridgehead atoms. The molecule has 1 heterocycles. The number of anilines is 2. The maximum Gasteiger partial charge on any atom is 0.221 e. The molecule has 0 saturated carbocycles. The largest absolute Gasteiger partial charge is 0.378 e. The molecule has 1 aromatic carbocycles. The van der Waals surface area contributed by atoms with Gasteiger partial charge in [0.25, 0.3) is 0 Å². The molecule has 0 unspecified atom stereocenters. The Labute approximate surface area is 117 Å². The summed E-state index contributed by atoms with van der Waals surface area (Å²) in [6.45, 7) is 1.86. The van der Waals surface area contributed by atoms with Gasteiger partial charge in [0.15, 0.2) is 0 Å². The minimum atomic E-state index is 0.356. The summed E-state index contributed by atoms with van der Waals surface area (Å²) in [5, 5.41) is 4.88. The molecule has 2 rings (SSSR count). The number of nitrogen functional groups attached to an aromatic ring is 1. The van der Waals surface area contributed by atoms with Gasteiger partial charge in [-0.25, -0.2) is 9.66 Å². The third-order valence-electron chi connectivity index (χ3n) is 2.66. The number of hydrogen-bond donors (Lipinski definition) is 1. The van der Waals surface area contributed by atoms with Crippen LogP contribution in [0.5, 0.6) is 0 Å². The number of hydrogen-bond acceptors (Lipinski definition) is 4. The van der Waals surface area contributed by atoms with E-state index in [9.17, 15) is 0 Å². The van der Waals surface area contributed by atoms with Crippen molar-refractivity contribution in [3.8, 4) is 0 Å². The third kappa shape index (κ3) is 3.06. The highest BCUT2D eigenvalue weighted by Gasteiger charge is 2.02. The summed E-state index contributed by atoms with van der Waals surface area (Å²) in [4.78, 5) is 6.06. The highest BCUT2D eigenvalue weighted by Crippen LogP contribution is 2.21. The number of aromatic nitrogens is 2. The average molecular weight is 278 g/mol. The van der Waals surface area contributed by atoms with E-state index in [-0.39, 0.29) is 0 Å². The number of aryl methyl sites for hydroxylation is 1. The van der Waals surface area contributed by atoms with Gasteiger partial charge in [0.2, 0.25) is 5.95 Å². The van der Waals surface area contributed by atoms with Crippen LogP contribution < -0.4 is 10.6 Å². The second kappa shape index (κ2) is 5.32. The van der Waals surface area contributed by atoms with Gasteiger partial charge in [0.05, 0.1) is 23.1 Å². The third-order valence-corrected chi connectivity index (χ3v) is 2.98. The molecule has 2 N–H and O–H groups in total. The normalized spacial score (nSPS) is 11.2. The van der Waals surface area contributed by atoms with Crippen molar-refractivity contribution in [2.75, 3.05) is 24.7 Å². The number of benzene rings is 1. The summed E-state index contributed by atoms with van der Waals surface area (Å²) < 4.78 is 1.52. The lowest BCUT2D eigenvalue weighted by molar-refractivity contribution is 0.897. The van der Waals surface area contributed by atoms with Gasteiger partial charge in [-0.2, -0.15) is 5.10 Å². The van der Waals surface area contributed by atoms with Crippen LogP contribution in [0.25, 0.3) is 0 Å². The van der Waals surface area contributed by atoms with Crippen LogP contribution in [0, 0.1) is 6.92 Å². The molecule has 0 atom stereocenters. The van der Waals surface area contributed by atoms with Crippen molar-refractivity contribution in [2.24, 2.45) is 5.10 Å². The molecular weight excluding hydrogens is 262 g/mol. The Balaban J connectivity index is 2.26. The first-order chi connectivity index (χ1) is 8.97. The summed E-state index contributed by atoms with van der Waals surface area (Å²) in [5.74, 6) is 0.356. The molecule has 19 heavy (non-hydrogen) atoms. The van der Waals surface area contributed by atoms with Gasteiger partial charge in [-0.15, -0.1) is 0 Å². The molecule has 0 aliphatic rings. The van der Waals surface area contributed by atoms with Gasteiger partial charge >= 0.3 is 0 Å². The molecule has 6 heteroatoms. The summed E-state index contributed by atoms with van der Waals surface area (Å²) in [7, 11) is 3.93. The number of imidazole rings is 1. The molecule has 1 aromatic heterocycles. The zero-order valence-corrected chi connectivity index (χ0v) is 11.9. The maximum atomic E-state index is 6.21. The van der Waals surface area contributed by atoms with Crippen LogP contribution in [-0.4, -0.2) is 30.0 Å². The van der Waals surface area contributed by atoms with Gasteiger partial charge in [-0.1, -0.05) is 11.6 Å². The quantitative estimate of drug-likeness (QED) is 0.876. The van der Waals surface area contributed by atoms with Gasteiger partial charge in [-0.3, -0.25) is 0 Å². The SMILES string of the molecule is Cc1cn(N=Cc2ccc(N(C)C)cc2Cl)c(N)n1. The number of nitrogens with two attached hydrogens (primary N) is 1. The minimum Gasteiger partial charge on any atom is -0.378 e. The van der Waals surface area contributed by atoms with E-state index in [0.717, 1.165) is 16.9 Å². The van der Waals surface area contributed by atoms with Gasteiger partial charge in [-0.05, 0) is 25.1 Å². The number of halogens is 1. The highest BCUT2D eigenvalue weighted by molar-refractivity contribution is 6.33. The van der Waals surface area contributed by atoms with Crippen molar-refractivity contribution >= 4 is 29.5 Å². The summed E-state index contributed by atoms with van der Waals surface area (Å²) in [6, 6.07) is 5.79. The van der Waals surface area contributed by atoms with E-state index in [1.807, 2.05) is 44.1 Å². The predicted octanol–water partition coefficient (Wildman–Crippen LogP) is 2.38. The van der Waals surface area contributed by atoms with E-state index in [0.29, 0.717) is 11.0 Å². The Bertz CT molecular complexity index is 615. The molecular formula is C13H16ClN5. The average Bonchev–Trinajstić information content (AvgIpc) is 2.66. The van der Waals surface area contributed by atoms with E-state index in [1.54, 1.807) is 12.4 Å². The second-order valence-electron chi connectivity index (χ2n) is 4.43. The van der Waals surface area contributed by atoms with Crippen LogP contribution in [0.15, 0.2) is 29.5 Å². The van der Waals surface area contributed by atoms with E-state index in [2.05, 4.69) is 10.1 Å². The summed E-state index contributed by atoms with van der Waals surface area (Å²) in [6.07, 6.45) is 3.42. The predicted molar refractivity (Wildman–Crippen MR) is 80.1 cm³/mol. The first-order valence-corrected chi connectivity index (χ1v) is 6.18. The van der Waals surface area contributed by atoms with E-state index in [1.165, 1.54) is 4.68 Å². The van der Waals surface area contributed by atoms with Gasteiger partial charge in [0, 0.05) is 25.3 Å². The fourth-order valence-electron chi connectivity index (χ4n) is 1.62. The molecule has 0 aliphatic heterocycles. The minimum absolute atomic E-state index is 0.356. The van der Waals surface area contributed by atoms with Crippen LogP contribution in [0.3, 0.4) is 0 Å². The molecule has 100 valence electrons. The maximum absolute atomic E-state index is 6.21. The zero-order valence-electron chi connectivity index (χ0n) is 11.1. The number of rotatable bonds is 3. The molecule has 2 aromatic rings. The lowest BCUT2D eigenvalue weighted by Crippen LogP contribution is -2.08. The molecule has 0 amide bonds. The van der Waals surface area contributed by atoms with Crippen LogP contribution in [0.2, 0.25) is 5.02 Å².